The van der Waals surface area contributed by atoms with Gasteiger partial charge in [-0.05, 0) is 22.3 Å². The van der Waals surface area contributed by atoms with Gasteiger partial charge in [0, 0.05) is 18.9 Å². The number of hydrogen-bond acceptors (Lipinski definition) is 5. The van der Waals surface area contributed by atoms with E-state index in [1.54, 1.807) is 0 Å². The number of rotatable bonds is 3. The molecule has 1 aliphatic heterocycles. The van der Waals surface area contributed by atoms with Crippen molar-refractivity contribution >= 4 is 12.1 Å². The third kappa shape index (κ3) is 2.96. The number of amides is 1. The van der Waals surface area contributed by atoms with Crippen LogP contribution in [-0.2, 0) is 14.3 Å². The van der Waals surface area contributed by atoms with Gasteiger partial charge in [0.2, 0.25) is 0 Å². The zero-order valence-electron chi connectivity index (χ0n) is 15.1. The summed E-state index contributed by atoms with van der Waals surface area (Å²) in [4.78, 5) is 25.5. The Hall–Kier alpha value is -2.86. The molecule has 1 amide bonds. The molecule has 1 unspecified atom stereocenters. The van der Waals surface area contributed by atoms with Crippen molar-refractivity contribution in [3.63, 3.8) is 0 Å². The van der Waals surface area contributed by atoms with E-state index in [4.69, 9.17) is 4.74 Å². The monoisotopic (exact) mass is 367 g/mol. The molecule has 2 aromatic rings. The molecule has 1 fully saturated rings. The van der Waals surface area contributed by atoms with Gasteiger partial charge < -0.3 is 19.5 Å². The largest absolute Gasteiger partial charge is 0.467 e. The van der Waals surface area contributed by atoms with Crippen molar-refractivity contribution in [3.8, 4) is 11.1 Å². The highest BCUT2D eigenvalue weighted by Crippen LogP contribution is 2.44. The van der Waals surface area contributed by atoms with Gasteiger partial charge in [0.1, 0.15) is 6.61 Å². The molecule has 0 bridgehead atoms. The lowest BCUT2D eigenvalue weighted by Crippen LogP contribution is -2.43. The van der Waals surface area contributed by atoms with Crippen LogP contribution in [0.2, 0.25) is 0 Å². The molecule has 1 aliphatic carbocycles. The van der Waals surface area contributed by atoms with E-state index < -0.39 is 17.7 Å². The number of aliphatic hydroxyl groups is 1. The lowest BCUT2D eigenvalue weighted by molar-refractivity contribution is -0.160. The highest BCUT2D eigenvalue weighted by molar-refractivity contribution is 5.82. The van der Waals surface area contributed by atoms with Crippen LogP contribution in [0.25, 0.3) is 11.1 Å². The number of esters is 1. The average Bonchev–Trinajstić information content (AvgIpc) is 3.25. The molecular weight excluding hydrogens is 346 g/mol. The predicted octanol–water partition coefficient (Wildman–Crippen LogP) is 2.55. The predicted molar refractivity (Wildman–Crippen MR) is 98.2 cm³/mol. The van der Waals surface area contributed by atoms with Gasteiger partial charge in [0.25, 0.3) is 0 Å². The second-order valence-corrected chi connectivity index (χ2v) is 7.00. The van der Waals surface area contributed by atoms with E-state index in [1.165, 1.54) is 12.0 Å². The third-order valence-corrected chi connectivity index (χ3v) is 5.41. The number of hydrogen-bond donors (Lipinski definition) is 1. The maximum atomic E-state index is 12.5. The molecule has 2 aliphatic rings. The summed E-state index contributed by atoms with van der Waals surface area (Å²) in [5.41, 5.74) is 2.95. The molecule has 6 heteroatoms. The minimum Gasteiger partial charge on any atom is -0.467 e. The van der Waals surface area contributed by atoms with E-state index in [0.717, 1.165) is 22.3 Å². The van der Waals surface area contributed by atoms with Gasteiger partial charge in [-0.15, -0.1) is 0 Å². The van der Waals surface area contributed by atoms with Crippen LogP contribution in [-0.4, -0.2) is 54.5 Å². The van der Waals surface area contributed by atoms with Crippen molar-refractivity contribution in [3.05, 3.63) is 59.7 Å². The number of β-amino-alcohol motifs (C(OH)–C–C–N with tert-alkyl or cyclic N) is 1. The van der Waals surface area contributed by atoms with Crippen LogP contribution in [0.5, 0.6) is 0 Å². The number of carbonyl (C=O) groups is 2. The summed E-state index contributed by atoms with van der Waals surface area (Å²) in [6.07, 6.45) is -0.388. The molecule has 0 radical (unpaired) electrons. The van der Waals surface area contributed by atoms with Crippen molar-refractivity contribution in [2.24, 2.45) is 0 Å². The first-order valence-corrected chi connectivity index (χ1v) is 8.94. The van der Waals surface area contributed by atoms with E-state index >= 15 is 0 Å². The average molecular weight is 367 g/mol. The molecule has 1 saturated heterocycles. The van der Waals surface area contributed by atoms with Gasteiger partial charge in [-0.3, -0.25) is 0 Å². The van der Waals surface area contributed by atoms with Crippen LogP contribution in [0.4, 0.5) is 4.79 Å². The van der Waals surface area contributed by atoms with Crippen molar-refractivity contribution in [2.45, 2.75) is 17.9 Å². The summed E-state index contributed by atoms with van der Waals surface area (Å²) in [7, 11) is 1.22. The van der Waals surface area contributed by atoms with Gasteiger partial charge in [-0.25, -0.2) is 9.59 Å². The standard InChI is InChI=1S/C21H21NO5/c1-26-19(23)21(25)10-11-22(13-21)20(24)27-12-18-16-8-4-2-6-14(16)15-7-3-5-9-17(15)18/h2-9,18,25H,10-13H2,1H3. The fourth-order valence-electron chi connectivity index (χ4n) is 3.99. The lowest BCUT2D eigenvalue weighted by Gasteiger charge is -2.21. The highest BCUT2D eigenvalue weighted by atomic mass is 16.6. The number of ether oxygens (including phenoxy) is 2. The number of methoxy groups -OCH3 is 1. The summed E-state index contributed by atoms with van der Waals surface area (Å²) in [5.74, 6) is -0.750. The maximum Gasteiger partial charge on any atom is 0.409 e. The fraction of sp³-hybridized carbons (Fsp3) is 0.333. The molecule has 0 spiro atoms. The number of nitrogens with zero attached hydrogens (tertiary/aromatic N) is 1. The summed E-state index contributed by atoms with van der Waals surface area (Å²) in [5, 5.41) is 10.3. The van der Waals surface area contributed by atoms with Gasteiger partial charge >= 0.3 is 12.1 Å². The van der Waals surface area contributed by atoms with E-state index in [2.05, 4.69) is 29.0 Å². The maximum absolute atomic E-state index is 12.5. The topological polar surface area (TPSA) is 76.1 Å². The summed E-state index contributed by atoms with van der Waals surface area (Å²) >= 11 is 0. The van der Waals surface area contributed by atoms with Gasteiger partial charge in [-0.1, -0.05) is 48.5 Å². The molecule has 6 nitrogen and oxygen atoms in total. The highest BCUT2D eigenvalue weighted by Gasteiger charge is 2.46. The first-order chi connectivity index (χ1) is 13.0. The molecule has 4 rings (SSSR count). The molecule has 1 heterocycles. The summed E-state index contributed by atoms with van der Waals surface area (Å²) in [6.45, 7) is 0.346. The normalized spacial score (nSPS) is 20.9. The van der Waals surface area contributed by atoms with Crippen molar-refractivity contribution < 1.29 is 24.2 Å². The number of likely N-dealkylation sites (tertiary alicyclic amines) is 1. The first kappa shape index (κ1) is 17.5. The van der Waals surface area contributed by atoms with Crippen LogP contribution in [0.15, 0.2) is 48.5 Å². The molecule has 140 valence electrons. The Kier molecular flexibility index (Phi) is 4.36. The van der Waals surface area contributed by atoms with Gasteiger partial charge in [0.05, 0.1) is 13.7 Å². The molecule has 1 atom stereocenters. The van der Waals surface area contributed by atoms with Crippen molar-refractivity contribution in [2.75, 3.05) is 26.8 Å². The quantitative estimate of drug-likeness (QED) is 0.844. The molecule has 27 heavy (non-hydrogen) atoms. The van der Waals surface area contributed by atoms with Crippen LogP contribution < -0.4 is 0 Å². The zero-order chi connectivity index (χ0) is 19.0. The van der Waals surface area contributed by atoms with Crippen LogP contribution in [0.3, 0.4) is 0 Å². The SMILES string of the molecule is COC(=O)C1(O)CCN(C(=O)OCC2c3ccccc3-c3ccccc32)C1. The Bertz CT molecular complexity index is 850. The van der Waals surface area contributed by atoms with Crippen LogP contribution in [0, 0.1) is 0 Å². The van der Waals surface area contributed by atoms with E-state index in [1.807, 2.05) is 24.3 Å². The van der Waals surface area contributed by atoms with Crippen LogP contribution >= 0.6 is 0 Å². The van der Waals surface area contributed by atoms with E-state index in [9.17, 15) is 14.7 Å². The van der Waals surface area contributed by atoms with Crippen molar-refractivity contribution in [1.82, 2.24) is 4.90 Å². The second kappa shape index (κ2) is 6.70. The minimum absolute atomic E-state index is 0.0246. The van der Waals surface area contributed by atoms with Gasteiger partial charge in [0.15, 0.2) is 5.60 Å². The number of carbonyl (C=O) groups excluding carboxylic acids is 2. The third-order valence-electron chi connectivity index (χ3n) is 5.41. The molecular formula is C21H21NO5. The van der Waals surface area contributed by atoms with E-state index in [0.29, 0.717) is 0 Å². The van der Waals surface area contributed by atoms with Crippen molar-refractivity contribution in [1.29, 1.82) is 0 Å². The lowest BCUT2D eigenvalue weighted by atomic mass is 9.98. The summed E-state index contributed by atoms with van der Waals surface area (Å²) < 4.78 is 10.2. The minimum atomic E-state index is -1.65. The number of fused-ring (bicyclic) bond motifs is 3. The Labute approximate surface area is 157 Å². The molecule has 0 saturated carbocycles. The Balaban J connectivity index is 1.47. The second-order valence-electron chi connectivity index (χ2n) is 7.00. The van der Waals surface area contributed by atoms with Gasteiger partial charge in [-0.2, -0.15) is 0 Å². The Morgan fingerprint density at radius 3 is 2.30 bits per heavy atom. The Morgan fingerprint density at radius 1 is 1.11 bits per heavy atom. The zero-order valence-corrected chi connectivity index (χ0v) is 15.1. The molecule has 0 aromatic heterocycles. The fourth-order valence-corrected chi connectivity index (χ4v) is 3.99. The van der Waals surface area contributed by atoms with E-state index in [-0.39, 0.29) is 32.0 Å². The number of benzene rings is 2. The van der Waals surface area contributed by atoms with Crippen LogP contribution in [0.1, 0.15) is 23.5 Å². The molecule has 2 aromatic carbocycles. The summed E-state index contributed by atoms with van der Waals surface area (Å²) in [6, 6.07) is 16.2. The first-order valence-electron chi connectivity index (χ1n) is 8.94. The smallest absolute Gasteiger partial charge is 0.409 e. The molecule has 1 N–H and O–H groups in total. The Morgan fingerprint density at radius 2 is 1.70 bits per heavy atom.